The second kappa shape index (κ2) is 5.46. The quantitative estimate of drug-likeness (QED) is 0.850. The van der Waals surface area contributed by atoms with Gasteiger partial charge in [-0.2, -0.15) is 5.10 Å². The first-order valence-electron chi connectivity index (χ1n) is 6.24. The number of H-pyrrole nitrogens is 1. The molecule has 1 amide bonds. The van der Waals surface area contributed by atoms with E-state index in [1.807, 2.05) is 6.92 Å². The second-order valence-electron chi connectivity index (χ2n) is 4.63. The van der Waals surface area contributed by atoms with E-state index in [4.69, 9.17) is 0 Å². The molecule has 0 spiro atoms. The van der Waals surface area contributed by atoms with Crippen molar-refractivity contribution in [2.24, 2.45) is 0 Å². The highest BCUT2D eigenvalue weighted by atomic mass is 19.3. The van der Waals surface area contributed by atoms with Crippen LogP contribution in [0.5, 0.6) is 0 Å². The molecule has 100 valence electrons. The zero-order valence-corrected chi connectivity index (χ0v) is 10.3. The minimum atomic E-state index is -2.51. The molecule has 1 saturated carbocycles. The predicted octanol–water partition coefficient (Wildman–Crippen LogP) is 2.40. The molecule has 1 N–H and O–H groups in total. The van der Waals surface area contributed by atoms with Gasteiger partial charge in [-0.1, -0.05) is 6.92 Å². The Hall–Kier alpha value is -1.46. The van der Waals surface area contributed by atoms with Gasteiger partial charge in [0.05, 0.1) is 6.54 Å². The van der Waals surface area contributed by atoms with Crippen LogP contribution in [0.25, 0.3) is 0 Å². The molecule has 1 aromatic rings. The number of amides is 1. The molecule has 0 atom stereocenters. The first-order valence-corrected chi connectivity index (χ1v) is 6.24. The number of hydrogen-bond donors (Lipinski definition) is 1. The van der Waals surface area contributed by atoms with E-state index in [1.54, 1.807) is 6.07 Å². The number of nitrogens with zero attached hydrogens (tertiary/aromatic N) is 2. The molecule has 0 bridgehead atoms. The average Bonchev–Trinajstić information content (AvgIpc) is 3.05. The van der Waals surface area contributed by atoms with Crippen molar-refractivity contribution in [2.75, 3.05) is 13.1 Å². The smallest absolute Gasteiger partial charge is 0.274 e. The van der Waals surface area contributed by atoms with Crippen LogP contribution in [0.1, 0.15) is 48.3 Å². The molecule has 0 radical (unpaired) electrons. The third kappa shape index (κ3) is 3.05. The molecular weight excluding hydrogens is 240 g/mol. The monoisotopic (exact) mass is 257 g/mol. The predicted molar refractivity (Wildman–Crippen MR) is 62.8 cm³/mol. The van der Waals surface area contributed by atoms with Crippen molar-refractivity contribution in [1.29, 1.82) is 0 Å². The minimum Gasteiger partial charge on any atom is -0.332 e. The van der Waals surface area contributed by atoms with Gasteiger partial charge >= 0.3 is 0 Å². The van der Waals surface area contributed by atoms with Crippen molar-refractivity contribution < 1.29 is 13.6 Å². The molecule has 2 rings (SSSR count). The van der Waals surface area contributed by atoms with E-state index in [0.29, 0.717) is 18.9 Å². The minimum absolute atomic E-state index is 0.242. The summed E-state index contributed by atoms with van der Waals surface area (Å²) in [4.78, 5) is 13.2. The molecule has 0 aromatic carbocycles. The van der Waals surface area contributed by atoms with Crippen LogP contribution in [-0.2, 0) is 0 Å². The maximum Gasteiger partial charge on any atom is 0.274 e. The van der Waals surface area contributed by atoms with Gasteiger partial charge in [-0.15, -0.1) is 0 Å². The van der Waals surface area contributed by atoms with Crippen LogP contribution in [-0.4, -0.2) is 40.5 Å². The van der Waals surface area contributed by atoms with Gasteiger partial charge in [-0.25, -0.2) is 8.78 Å². The number of carbonyl (C=O) groups excluding carboxylic acids is 1. The molecule has 1 aliphatic carbocycles. The van der Waals surface area contributed by atoms with Gasteiger partial charge in [0.2, 0.25) is 0 Å². The highest BCUT2D eigenvalue weighted by molar-refractivity contribution is 5.92. The van der Waals surface area contributed by atoms with E-state index in [2.05, 4.69) is 10.2 Å². The zero-order chi connectivity index (χ0) is 13.1. The van der Waals surface area contributed by atoms with Crippen molar-refractivity contribution in [3.05, 3.63) is 17.5 Å². The molecule has 6 heteroatoms. The van der Waals surface area contributed by atoms with E-state index in [0.717, 1.165) is 23.4 Å². The molecule has 18 heavy (non-hydrogen) atoms. The van der Waals surface area contributed by atoms with E-state index in [-0.39, 0.29) is 5.69 Å². The number of aromatic nitrogens is 2. The van der Waals surface area contributed by atoms with Gasteiger partial charge in [0.15, 0.2) is 0 Å². The Balaban J connectivity index is 2.05. The normalized spacial score (nSPS) is 15.1. The molecule has 0 saturated heterocycles. The number of hydrogen-bond acceptors (Lipinski definition) is 2. The van der Waals surface area contributed by atoms with Crippen LogP contribution >= 0.6 is 0 Å². The Morgan fingerprint density at radius 3 is 2.89 bits per heavy atom. The van der Waals surface area contributed by atoms with E-state index >= 15 is 0 Å². The molecule has 1 aromatic heterocycles. The third-order valence-electron chi connectivity index (χ3n) is 2.97. The number of rotatable bonds is 6. The maximum atomic E-state index is 12.4. The summed E-state index contributed by atoms with van der Waals surface area (Å²) in [5.41, 5.74) is 1.18. The van der Waals surface area contributed by atoms with Crippen LogP contribution in [0.3, 0.4) is 0 Å². The van der Waals surface area contributed by atoms with Gasteiger partial charge in [0.1, 0.15) is 5.69 Å². The summed E-state index contributed by atoms with van der Waals surface area (Å²) in [5.74, 6) is 0.0501. The van der Waals surface area contributed by atoms with Crippen molar-refractivity contribution in [1.82, 2.24) is 15.1 Å². The summed E-state index contributed by atoms with van der Waals surface area (Å²) in [6.07, 6.45) is 0.345. The lowest BCUT2D eigenvalue weighted by Gasteiger charge is -2.20. The second-order valence-corrected chi connectivity index (χ2v) is 4.63. The largest absolute Gasteiger partial charge is 0.332 e. The van der Waals surface area contributed by atoms with Gasteiger partial charge in [0, 0.05) is 18.2 Å². The summed E-state index contributed by atoms with van der Waals surface area (Å²) >= 11 is 0. The molecule has 1 aliphatic rings. The lowest BCUT2D eigenvalue weighted by molar-refractivity contribution is 0.0550. The standard InChI is InChI=1S/C12H17F2N3O/c1-2-5-17(7-11(13)14)12(18)10-6-9(15-16-10)8-3-4-8/h6,8,11H,2-5,7H2,1H3,(H,15,16). The number of carbonyl (C=O) groups is 1. The van der Waals surface area contributed by atoms with Gasteiger partial charge in [0.25, 0.3) is 12.3 Å². The topological polar surface area (TPSA) is 49.0 Å². The first kappa shape index (κ1) is 13.0. The summed E-state index contributed by atoms with van der Waals surface area (Å²) in [5, 5.41) is 6.74. The molecule has 0 aliphatic heterocycles. The lowest BCUT2D eigenvalue weighted by atomic mass is 10.2. The summed E-state index contributed by atoms with van der Waals surface area (Å²) < 4.78 is 24.8. The van der Waals surface area contributed by atoms with Crippen molar-refractivity contribution in [3.63, 3.8) is 0 Å². The number of aromatic amines is 1. The van der Waals surface area contributed by atoms with Crippen LogP contribution in [0.15, 0.2) is 6.07 Å². The molecular formula is C12H17F2N3O. The van der Waals surface area contributed by atoms with Crippen LogP contribution in [0, 0.1) is 0 Å². The average molecular weight is 257 g/mol. The fourth-order valence-electron chi connectivity index (χ4n) is 1.92. The van der Waals surface area contributed by atoms with Gasteiger partial charge in [-0.3, -0.25) is 9.89 Å². The first-order chi connectivity index (χ1) is 8.61. The van der Waals surface area contributed by atoms with E-state index in [9.17, 15) is 13.6 Å². The number of alkyl halides is 2. The van der Waals surface area contributed by atoms with Crippen LogP contribution in [0.4, 0.5) is 8.78 Å². The Kier molecular flexibility index (Phi) is 3.93. The maximum absolute atomic E-state index is 12.4. The van der Waals surface area contributed by atoms with Crippen molar-refractivity contribution in [3.8, 4) is 0 Å². The van der Waals surface area contributed by atoms with Gasteiger partial charge in [-0.05, 0) is 25.3 Å². The lowest BCUT2D eigenvalue weighted by Crippen LogP contribution is -2.35. The Morgan fingerprint density at radius 1 is 1.61 bits per heavy atom. The summed E-state index contributed by atoms with van der Waals surface area (Å²) in [6.45, 7) is 1.65. The van der Waals surface area contributed by atoms with Crippen molar-refractivity contribution in [2.45, 2.75) is 38.5 Å². The fraction of sp³-hybridized carbons (Fsp3) is 0.667. The Morgan fingerprint density at radius 2 is 2.33 bits per heavy atom. The molecule has 1 fully saturated rings. The number of nitrogens with one attached hydrogen (secondary N) is 1. The fourth-order valence-corrected chi connectivity index (χ4v) is 1.92. The SMILES string of the molecule is CCCN(CC(F)F)C(=O)c1cc(C2CC2)[nH]n1. The van der Waals surface area contributed by atoms with E-state index < -0.39 is 18.9 Å². The summed E-state index contributed by atoms with van der Waals surface area (Å²) in [6, 6.07) is 1.69. The Labute approximate surface area is 104 Å². The molecule has 4 nitrogen and oxygen atoms in total. The Bertz CT molecular complexity index is 415. The van der Waals surface area contributed by atoms with Gasteiger partial charge < -0.3 is 4.90 Å². The highest BCUT2D eigenvalue weighted by Gasteiger charge is 2.28. The number of halogens is 2. The zero-order valence-electron chi connectivity index (χ0n) is 10.3. The third-order valence-corrected chi connectivity index (χ3v) is 2.97. The van der Waals surface area contributed by atoms with E-state index in [1.165, 1.54) is 0 Å². The molecule has 1 heterocycles. The highest BCUT2D eigenvalue weighted by Crippen LogP contribution is 2.39. The molecule has 0 unspecified atom stereocenters. The van der Waals surface area contributed by atoms with Crippen LogP contribution < -0.4 is 0 Å². The summed E-state index contributed by atoms with van der Waals surface area (Å²) in [7, 11) is 0. The van der Waals surface area contributed by atoms with Crippen molar-refractivity contribution >= 4 is 5.91 Å². The van der Waals surface area contributed by atoms with Crippen LogP contribution in [0.2, 0.25) is 0 Å².